The molecule has 21 heavy (non-hydrogen) atoms. The fourth-order valence-electron chi connectivity index (χ4n) is 2.15. The molecule has 0 saturated heterocycles. The molecule has 0 radical (unpaired) electrons. The Balaban J connectivity index is 2.07. The maximum atomic E-state index is 6.26. The Morgan fingerprint density at radius 2 is 1.57 bits per heavy atom. The summed E-state index contributed by atoms with van der Waals surface area (Å²) in [4.78, 5) is 7.92. The van der Waals surface area contributed by atoms with Crippen molar-refractivity contribution in [1.82, 2.24) is 9.97 Å². The van der Waals surface area contributed by atoms with Gasteiger partial charge in [-0.3, -0.25) is 0 Å². The second-order valence-electron chi connectivity index (χ2n) is 4.69. The van der Waals surface area contributed by atoms with E-state index < -0.39 is 0 Å². The van der Waals surface area contributed by atoms with Gasteiger partial charge in [0.15, 0.2) is 0 Å². The van der Waals surface area contributed by atoms with Crippen molar-refractivity contribution < 1.29 is 0 Å². The highest BCUT2D eigenvalue weighted by atomic mass is 35.5. The molecule has 0 fully saturated rings. The van der Waals surface area contributed by atoms with Gasteiger partial charge in [0.1, 0.15) is 5.82 Å². The molecule has 0 unspecified atom stereocenters. The first kappa shape index (κ1) is 14.5. The van der Waals surface area contributed by atoms with E-state index >= 15 is 0 Å². The molecule has 106 valence electrons. The number of imidazole rings is 1. The Kier molecular flexibility index (Phi) is 3.94. The molecular weight excluding hydrogens is 327 g/mol. The van der Waals surface area contributed by atoms with Crippen molar-refractivity contribution >= 4 is 34.8 Å². The number of H-pyrrole nitrogens is 1. The summed E-state index contributed by atoms with van der Waals surface area (Å²) in [6.45, 7) is 1.96. The normalized spacial score (nSPS) is 10.9. The van der Waals surface area contributed by atoms with E-state index in [9.17, 15) is 0 Å². The van der Waals surface area contributed by atoms with E-state index in [0.29, 0.717) is 15.1 Å². The summed E-state index contributed by atoms with van der Waals surface area (Å²) in [6, 6.07) is 12.9. The van der Waals surface area contributed by atoms with Crippen molar-refractivity contribution in [3.8, 4) is 22.6 Å². The van der Waals surface area contributed by atoms with Gasteiger partial charge in [0.2, 0.25) is 0 Å². The van der Waals surface area contributed by atoms with Crippen LogP contribution in [0.15, 0.2) is 42.5 Å². The van der Waals surface area contributed by atoms with Crippen molar-refractivity contribution in [2.45, 2.75) is 6.92 Å². The van der Waals surface area contributed by atoms with E-state index in [1.54, 1.807) is 12.1 Å². The zero-order valence-electron chi connectivity index (χ0n) is 11.1. The summed E-state index contributed by atoms with van der Waals surface area (Å²) < 4.78 is 0. The minimum atomic E-state index is 0.583. The summed E-state index contributed by atoms with van der Waals surface area (Å²) in [5.41, 5.74) is 3.60. The number of nitrogens with zero attached hydrogens (tertiary/aromatic N) is 1. The van der Waals surface area contributed by atoms with Crippen molar-refractivity contribution in [3.05, 3.63) is 63.2 Å². The summed E-state index contributed by atoms with van der Waals surface area (Å²) in [5.74, 6) is 0.783. The van der Waals surface area contributed by atoms with Gasteiger partial charge in [-0.2, -0.15) is 0 Å². The van der Waals surface area contributed by atoms with Crippen LogP contribution in [0, 0.1) is 6.92 Å². The molecule has 1 N–H and O–H groups in total. The number of aryl methyl sites for hydroxylation is 1. The summed E-state index contributed by atoms with van der Waals surface area (Å²) in [5, 5.41) is 1.89. The molecule has 0 aliphatic rings. The maximum absolute atomic E-state index is 6.26. The maximum Gasteiger partial charge on any atom is 0.138 e. The van der Waals surface area contributed by atoms with Crippen LogP contribution in [0.5, 0.6) is 0 Å². The molecule has 3 aromatic rings. The first-order valence-corrected chi connectivity index (χ1v) is 7.46. The van der Waals surface area contributed by atoms with Crippen LogP contribution in [0.1, 0.15) is 5.69 Å². The molecule has 2 nitrogen and oxygen atoms in total. The van der Waals surface area contributed by atoms with Crippen LogP contribution in [-0.4, -0.2) is 9.97 Å². The second kappa shape index (κ2) is 5.72. The molecule has 0 spiro atoms. The van der Waals surface area contributed by atoms with E-state index in [4.69, 9.17) is 34.8 Å². The molecule has 3 rings (SSSR count). The van der Waals surface area contributed by atoms with Gasteiger partial charge in [-0.05, 0) is 49.4 Å². The predicted molar refractivity (Wildman–Crippen MR) is 89.2 cm³/mol. The number of hydrogen-bond donors (Lipinski definition) is 1. The monoisotopic (exact) mass is 336 g/mol. The Hall–Kier alpha value is -1.48. The average Bonchev–Trinajstić information content (AvgIpc) is 2.81. The van der Waals surface area contributed by atoms with Crippen LogP contribution < -0.4 is 0 Å². The minimum absolute atomic E-state index is 0.583. The summed E-state index contributed by atoms with van der Waals surface area (Å²) >= 11 is 18.1. The van der Waals surface area contributed by atoms with Gasteiger partial charge < -0.3 is 4.98 Å². The van der Waals surface area contributed by atoms with Crippen molar-refractivity contribution in [2.75, 3.05) is 0 Å². The second-order valence-corrected chi connectivity index (χ2v) is 5.97. The molecule has 2 aromatic carbocycles. The van der Waals surface area contributed by atoms with Gasteiger partial charge >= 0.3 is 0 Å². The Morgan fingerprint density at radius 1 is 0.905 bits per heavy atom. The van der Waals surface area contributed by atoms with E-state index in [2.05, 4.69) is 9.97 Å². The number of rotatable bonds is 2. The lowest BCUT2D eigenvalue weighted by Crippen LogP contribution is -1.83. The molecule has 0 bridgehead atoms. The van der Waals surface area contributed by atoms with Gasteiger partial charge in [0.05, 0.1) is 10.7 Å². The Labute approximate surface area is 137 Å². The average molecular weight is 338 g/mol. The van der Waals surface area contributed by atoms with E-state index in [1.807, 2.05) is 37.3 Å². The number of halogens is 3. The van der Waals surface area contributed by atoms with E-state index in [0.717, 1.165) is 28.3 Å². The third-order valence-electron chi connectivity index (χ3n) is 3.19. The number of aromatic nitrogens is 2. The smallest absolute Gasteiger partial charge is 0.138 e. The van der Waals surface area contributed by atoms with E-state index in [1.165, 1.54) is 0 Å². The third kappa shape index (κ3) is 2.93. The van der Waals surface area contributed by atoms with Crippen LogP contribution in [0.25, 0.3) is 22.6 Å². The van der Waals surface area contributed by atoms with Gasteiger partial charge in [-0.15, -0.1) is 0 Å². The molecule has 5 heteroatoms. The van der Waals surface area contributed by atoms with Crippen LogP contribution in [-0.2, 0) is 0 Å². The number of nitrogens with one attached hydrogen (secondary N) is 1. The molecule has 1 heterocycles. The topological polar surface area (TPSA) is 28.7 Å². The van der Waals surface area contributed by atoms with Crippen LogP contribution >= 0.6 is 34.8 Å². The number of benzene rings is 2. The molecular formula is C16H11Cl3N2. The molecule has 0 amide bonds. The fraction of sp³-hybridized carbons (Fsp3) is 0.0625. The predicted octanol–water partition coefficient (Wildman–Crippen LogP) is 6.01. The minimum Gasteiger partial charge on any atom is -0.342 e. The van der Waals surface area contributed by atoms with Gasteiger partial charge in [-0.1, -0.05) is 34.8 Å². The largest absolute Gasteiger partial charge is 0.342 e. The third-order valence-corrected chi connectivity index (χ3v) is 3.99. The molecule has 0 atom stereocenters. The Morgan fingerprint density at radius 3 is 2.24 bits per heavy atom. The fourth-order valence-corrected chi connectivity index (χ4v) is 2.77. The number of hydrogen-bond acceptors (Lipinski definition) is 1. The first-order chi connectivity index (χ1) is 10.0. The lowest BCUT2D eigenvalue weighted by Gasteiger charge is -2.02. The standard InChI is InChI=1S/C16H11Cl3N2/c1-9-15(13-7-6-12(18)8-14(13)19)21-16(20-9)10-2-4-11(17)5-3-10/h2-8H,1H3,(H,20,21). The van der Waals surface area contributed by atoms with Crippen molar-refractivity contribution in [2.24, 2.45) is 0 Å². The molecule has 1 aromatic heterocycles. The quantitative estimate of drug-likeness (QED) is 0.609. The summed E-state index contributed by atoms with van der Waals surface area (Å²) in [7, 11) is 0. The Bertz CT molecular complexity index is 792. The highest BCUT2D eigenvalue weighted by Gasteiger charge is 2.13. The molecule has 0 aliphatic carbocycles. The van der Waals surface area contributed by atoms with Crippen molar-refractivity contribution in [1.29, 1.82) is 0 Å². The lowest BCUT2D eigenvalue weighted by molar-refractivity contribution is 1.26. The van der Waals surface area contributed by atoms with Crippen LogP contribution in [0.3, 0.4) is 0 Å². The van der Waals surface area contributed by atoms with Crippen LogP contribution in [0.2, 0.25) is 15.1 Å². The van der Waals surface area contributed by atoms with Gasteiger partial charge in [0, 0.05) is 26.9 Å². The zero-order chi connectivity index (χ0) is 15.0. The van der Waals surface area contributed by atoms with Gasteiger partial charge in [0.25, 0.3) is 0 Å². The van der Waals surface area contributed by atoms with Crippen LogP contribution in [0.4, 0.5) is 0 Å². The van der Waals surface area contributed by atoms with Crippen molar-refractivity contribution in [3.63, 3.8) is 0 Å². The van der Waals surface area contributed by atoms with E-state index in [-0.39, 0.29) is 0 Å². The summed E-state index contributed by atoms with van der Waals surface area (Å²) in [6.07, 6.45) is 0. The number of aromatic amines is 1. The zero-order valence-corrected chi connectivity index (χ0v) is 13.4. The first-order valence-electron chi connectivity index (χ1n) is 6.32. The molecule has 0 saturated carbocycles. The van der Waals surface area contributed by atoms with Gasteiger partial charge in [-0.25, -0.2) is 4.98 Å². The highest BCUT2D eigenvalue weighted by molar-refractivity contribution is 6.36. The highest BCUT2D eigenvalue weighted by Crippen LogP contribution is 2.32. The molecule has 0 aliphatic heterocycles. The lowest BCUT2D eigenvalue weighted by atomic mass is 10.1. The SMILES string of the molecule is Cc1[nH]c(-c2ccc(Cl)cc2)nc1-c1ccc(Cl)cc1Cl.